The molecule has 11 heteroatoms. The molecule has 5 rings (SSSR count). The van der Waals surface area contributed by atoms with Crippen molar-refractivity contribution in [1.29, 1.82) is 0 Å². The van der Waals surface area contributed by atoms with Crippen LogP contribution in [-0.4, -0.2) is 26.7 Å². The first-order valence-electron chi connectivity index (χ1n) is 13.6. The second kappa shape index (κ2) is 14.3. The molecule has 0 aliphatic carbocycles. The predicted octanol–water partition coefficient (Wildman–Crippen LogP) is 6.80. The van der Waals surface area contributed by atoms with Gasteiger partial charge in [0.05, 0.1) is 18.8 Å². The molecule has 0 saturated carbocycles. The standard InChI is InChI=1S/C32H29Cl3N2O5S/c33-32(34,35)31(39)36-18-25-5-1-2-6-27(25)22-12-14-24(15-13-22)30-41-26(20-43-29-7-3-4-16-37(29)40)17-28(42-30)23-10-8-21(19-38)9-11-23/h1-16,26,28,30,38H,17-20H2,(H,36,39)/t26-,28+,30+/m0/s1. The fourth-order valence-electron chi connectivity index (χ4n) is 4.78. The molecule has 0 bridgehead atoms. The highest BCUT2D eigenvalue weighted by Gasteiger charge is 2.33. The number of amides is 1. The van der Waals surface area contributed by atoms with Crippen molar-refractivity contribution in [3.05, 3.63) is 125 Å². The van der Waals surface area contributed by atoms with Crippen molar-refractivity contribution in [1.82, 2.24) is 5.32 Å². The number of ether oxygens (including phenoxy) is 2. The van der Waals surface area contributed by atoms with E-state index >= 15 is 0 Å². The lowest BCUT2D eigenvalue weighted by Crippen LogP contribution is -2.34. The first-order valence-corrected chi connectivity index (χ1v) is 15.7. The van der Waals surface area contributed by atoms with Crippen LogP contribution in [0.3, 0.4) is 0 Å². The lowest BCUT2D eigenvalue weighted by molar-refractivity contribution is -0.645. The van der Waals surface area contributed by atoms with Crippen molar-refractivity contribution in [2.24, 2.45) is 0 Å². The lowest BCUT2D eigenvalue weighted by Gasteiger charge is -2.36. The third kappa shape index (κ3) is 8.22. The number of nitrogens with zero attached hydrogens (tertiary/aromatic N) is 1. The molecule has 0 radical (unpaired) electrons. The molecule has 1 saturated heterocycles. The number of hydrogen-bond donors (Lipinski definition) is 2. The Morgan fingerprint density at radius 1 is 0.953 bits per heavy atom. The van der Waals surface area contributed by atoms with E-state index in [1.54, 1.807) is 12.1 Å². The summed E-state index contributed by atoms with van der Waals surface area (Å²) in [6.07, 6.45) is 1.03. The minimum Gasteiger partial charge on any atom is -0.618 e. The van der Waals surface area contributed by atoms with Crippen LogP contribution in [0, 0.1) is 5.21 Å². The fraction of sp³-hybridized carbons (Fsp3) is 0.250. The number of alkyl halides is 3. The molecular weight excluding hydrogens is 631 g/mol. The van der Waals surface area contributed by atoms with Crippen LogP contribution in [0.2, 0.25) is 0 Å². The Morgan fingerprint density at radius 2 is 1.65 bits per heavy atom. The molecular formula is C32H29Cl3N2O5S. The van der Waals surface area contributed by atoms with Crippen LogP contribution in [0.25, 0.3) is 11.1 Å². The monoisotopic (exact) mass is 658 g/mol. The molecule has 7 nitrogen and oxygen atoms in total. The molecule has 2 heterocycles. The van der Waals surface area contributed by atoms with E-state index in [0.717, 1.165) is 38.1 Å². The van der Waals surface area contributed by atoms with Crippen molar-refractivity contribution in [2.45, 2.75) is 46.9 Å². The van der Waals surface area contributed by atoms with Crippen molar-refractivity contribution < 1.29 is 24.1 Å². The minimum absolute atomic E-state index is 0.0299. The number of benzene rings is 3. The van der Waals surface area contributed by atoms with Gasteiger partial charge in [0, 0.05) is 36.4 Å². The number of carbonyl (C=O) groups excluding carboxylic acids is 1. The maximum absolute atomic E-state index is 12.2. The number of nitrogens with one attached hydrogen (secondary N) is 1. The highest BCUT2D eigenvalue weighted by molar-refractivity contribution is 7.99. The first-order chi connectivity index (χ1) is 20.7. The number of carbonyl (C=O) groups is 1. The molecule has 43 heavy (non-hydrogen) atoms. The molecule has 1 aliphatic heterocycles. The Bertz CT molecular complexity index is 1530. The number of aromatic nitrogens is 1. The second-order valence-corrected chi connectivity index (χ2v) is 13.3. The zero-order chi connectivity index (χ0) is 30.4. The third-order valence-electron chi connectivity index (χ3n) is 7.03. The van der Waals surface area contributed by atoms with Crippen LogP contribution in [-0.2, 0) is 27.4 Å². The van der Waals surface area contributed by atoms with Crippen LogP contribution in [0.15, 0.2) is 102 Å². The van der Waals surface area contributed by atoms with E-state index in [9.17, 15) is 15.1 Å². The van der Waals surface area contributed by atoms with E-state index < -0.39 is 16.0 Å². The Kier molecular flexibility index (Phi) is 10.5. The van der Waals surface area contributed by atoms with Crippen LogP contribution < -0.4 is 10.0 Å². The second-order valence-electron chi connectivity index (χ2n) is 9.99. The lowest BCUT2D eigenvalue weighted by atomic mass is 9.98. The summed E-state index contributed by atoms with van der Waals surface area (Å²) in [4.78, 5) is 12.1. The molecule has 3 atom stereocenters. The Labute approximate surface area is 269 Å². The molecule has 1 fully saturated rings. The summed E-state index contributed by atoms with van der Waals surface area (Å²) in [6, 6.07) is 28.6. The van der Waals surface area contributed by atoms with Crippen LogP contribution in [0.4, 0.5) is 0 Å². The zero-order valence-electron chi connectivity index (χ0n) is 22.9. The Morgan fingerprint density at radius 3 is 2.35 bits per heavy atom. The summed E-state index contributed by atoms with van der Waals surface area (Å²) in [5.41, 5.74) is 5.38. The van der Waals surface area contributed by atoms with Gasteiger partial charge < -0.3 is 25.1 Å². The van der Waals surface area contributed by atoms with Crippen molar-refractivity contribution in [2.75, 3.05) is 5.75 Å². The van der Waals surface area contributed by atoms with Crippen molar-refractivity contribution >= 4 is 52.5 Å². The fourth-order valence-corrected chi connectivity index (χ4v) is 5.91. The number of aliphatic hydroxyl groups is 1. The van der Waals surface area contributed by atoms with Gasteiger partial charge in [0.2, 0.25) is 0 Å². The first kappa shape index (κ1) is 31.6. The van der Waals surface area contributed by atoms with Gasteiger partial charge in [-0.1, -0.05) is 119 Å². The van der Waals surface area contributed by atoms with E-state index in [4.69, 9.17) is 44.3 Å². The van der Waals surface area contributed by atoms with E-state index in [2.05, 4.69) is 5.32 Å². The summed E-state index contributed by atoms with van der Waals surface area (Å²) in [5, 5.41) is 24.9. The van der Waals surface area contributed by atoms with Gasteiger partial charge in [0.1, 0.15) is 0 Å². The van der Waals surface area contributed by atoms with Gasteiger partial charge in [-0.15, -0.1) is 0 Å². The minimum atomic E-state index is -2.04. The molecule has 2 N–H and O–H groups in total. The van der Waals surface area contributed by atoms with Crippen molar-refractivity contribution in [3.8, 4) is 11.1 Å². The molecule has 3 aromatic carbocycles. The molecule has 0 spiro atoms. The average molecular weight is 660 g/mol. The van der Waals surface area contributed by atoms with Crippen LogP contribution in [0.1, 0.15) is 41.1 Å². The van der Waals surface area contributed by atoms with Crippen molar-refractivity contribution in [3.63, 3.8) is 0 Å². The topological polar surface area (TPSA) is 94.7 Å². The SMILES string of the molecule is O=C(NCc1ccccc1-c1ccc([C@@H]2O[C@H](CSc3cccc[n+]3[O-])C[C@H](c3ccc(CO)cc3)O2)cc1)C(Cl)(Cl)Cl. The third-order valence-corrected chi connectivity index (χ3v) is 8.69. The van der Waals surface area contributed by atoms with Gasteiger partial charge in [0.25, 0.3) is 14.7 Å². The quantitative estimate of drug-likeness (QED) is 0.0888. The Balaban J connectivity index is 1.35. The molecule has 1 aliphatic rings. The van der Waals surface area contributed by atoms with E-state index in [1.165, 1.54) is 18.0 Å². The number of aliphatic hydroxyl groups excluding tert-OH is 1. The number of halogens is 3. The van der Waals surface area contributed by atoms with Gasteiger partial charge in [-0.3, -0.25) is 4.79 Å². The summed E-state index contributed by atoms with van der Waals surface area (Å²) in [5.74, 6) is -0.122. The number of hydrogen-bond acceptors (Lipinski definition) is 6. The molecule has 0 unspecified atom stereocenters. The molecule has 224 valence electrons. The molecule has 1 aromatic heterocycles. The number of rotatable bonds is 9. The van der Waals surface area contributed by atoms with Gasteiger partial charge in [-0.25, -0.2) is 0 Å². The van der Waals surface area contributed by atoms with E-state index in [0.29, 0.717) is 17.2 Å². The smallest absolute Gasteiger partial charge is 0.272 e. The van der Waals surface area contributed by atoms with E-state index in [-0.39, 0.29) is 25.4 Å². The van der Waals surface area contributed by atoms with E-state index in [1.807, 2.05) is 78.9 Å². The van der Waals surface area contributed by atoms with Gasteiger partial charge in [-0.05, 0) is 33.9 Å². The zero-order valence-corrected chi connectivity index (χ0v) is 26.0. The predicted molar refractivity (Wildman–Crippen MR) is 169 cm³/mol. The summed E-state index contributed by atoms with van der Waals surface area (Å²) in [7, 11) is 0. The van der Waals surface area contributed by atoms with Crippen LogP contribution in [0.5, 0.6) is 0 Å². The van der Waals surface area contributed by atoms with Gasteiger partial charge in [0.15, 0.2) is 12.5 Å². The maximum Gasteiger partial charge on any atom is 0.272 e. The summed E-state index contributed by atoms with van der Waals surface area (Å²) < 4.78 is 11.7. The average Bonchev–Trinajstić information content (AvgIpc) is 3.03. The normalized spacial score (nSPS) is 18.7. The largest absolute Gasteiger partial charge is 0.618 e. The summed E-state index contributed by atoms with van der Waals surface area (Å²) >= 11 is 18.5. The summed E-state index contributed by atoms with van der Waals surface area (Å²) in [6.45, 7) is 0.165. The highest BCUT2D eigenvalue weighted by atomic mass is 35.6. The molecule has 4 aromatic rings. The Hall–Kier alpha value is -2.82. The molecule has 1 amide bonds. The van der Waals surface area contributed by atoms with Gasteiger partial charge in [-0.2, -0.15) is 4.73 Å². The number of pyridine rings is 1. The van der Waals surface area contributed by atoms with Gasteiger partial charge >= 0.3 is 0 Å². The number of thioether (sulfide) groups is 1. The maximum atomic E-state index is 12.2. The highest BCUT2D eigenvalue weighted by Crippen LogP contribution is 2.40. The van der Waals surface area contributed by atoms with Crippen LogP contribution >= 0.6 is 46.6 Å².